The molecular weight excluding hydrogens is 272 g/mol. The number of hydrogen-bond donors (Lipinski definition) is 1. The van der Waals surface area contributed by atoms with Gasteiger partial charge < -0.3 is 9.84 Å². The molecule has 1 N–H and O–H groups in total. The maximum atomic E-state index is 10.5. The van der Waals surface area contributed by atoms with Crippen LogP contribution in [0.3, 0.4) is 0 Å². The molecule has 2 heteroatoms. The van der Waals surface area contributed by atoms with Gasteiger partial charge in [0.15, 0.2) is 0 Å². The molecule has 0 aliphatic heterocycles. The van der Waals surface area contributed by atoms with E-state index in [9.17, 15) is 5.11 Å². The van der Waals surface area contributed by atoms with Crippen LogP contribution in [0.1, 0.15) is 37.3 Å². The molecule has 0 aliphatic carbocycles. The summed E-state index contributed by atoms with van der Waals surface area (Å²) in [5.74, 6) is 0.433. The zero-order valence-electron chi connectivity index (χ0n) is 13.6. The molecule has 2 aromatic rings. The van der Waals surface area contributed by atoms with Gasteiger partial charge >= 0.3 is 0 Å². The lowest BCUT2D eigenvalue weighted by molar-refractivity contribution is 0.195. The van der Waals surface area contributed by atoms with E-state index in [1.165, 1.54) is 5.56 Å². The maximum absolute atomic E-state index is 10.5. The fraction of sp³-hybridized carbons (Fsp3) is 0.400. The monoisotopic (exact) mass is 298 g/mol. The number of aryl methyl sites for hydroxylation is 1. The van der Waals surface area contributed by atoms with Crippen LogP contribution in [-0.4, -0.2) is 18.8 Å². The first-order valence-corrected chi connectivity index (χ1v) is 8.15. The second-order valence-corrected chi connectivity index (χ2v) is 5.70. The van der Waals surface area contributed by atoms with Gasteiger partial charge in [0.25, 0.3) is 0 Å². The lowest BCUT2D eigenvalue weighted by Gasteiger charge is -2.14. The molecule has 0 atom stereocenters. The summed E-state index contributed by atoms with van der Waals surface area (Å²) < 4.78 is 5.17. The molecule has 0 aliphatic rings. The summed E-state index contributed by atoms with van der Waals surface area (Å²) in [5, 5.41) is 10.5. The van der Waals surface area contributed by atoms with Crippen molar-refractivity contribution in [2.24, 2.45) is 0 Å². The number of unbranched alkanes of at least 4 members (excludes halogenated alkanes) is 1. The molecule has 0 spiro atoms. The molecule has 22 heavy (non-hydrogen) atoms. The van der Waals surface area contributed by atoms with E-state index >= 15 is 0 Å². The minimum absolute atomic E-state index is 0.433. The Bertz CT molecular complexity index is 576. The molecule has 0 amide bonds. The Kier molecular flexibility index (Phi) is 6.47. The van der Waals surface area contributed by atoms with E-state index in [1.54, 1.807) is 7.11 Å². The second kappa shape index (κ2) is 8.60. The van der Waals surface area contributed by atoms with Gasteiger partial charge in [-0.05, 0) is 54.0 Å². The number of methoxy groups -OCH3 is 1. The minimum atomic E-state index is 0.433. The van der Waals surface area contributed by atoms with Gasteiger partial charge in [0.05, 0.1) is 0 Å². The van der Waals surface area contributed by atoms with Crippen LogP contribution in [0.2, 0.25) is 0 Å². The zero-order chi connectivity index (χ0) is 15.8. The smallest absolute Gasteiger partial charge is 0.119 e. The summed E-state index contributed by atoms with van der Waals surface area (Å²) >= 11 is 0. The zero-order valence-corrected chi connectivity index (χ0v) is 13.6. The van der Waals surface area contributed by atoms with Gasteiger partial charge in [-0.3, -0.25) is 0 Å². The van der Waals surface area contributed by atoms with Gasteiger partial charge in [-0.25, -0.2) is 0 Å². The van der Waals surface area contributed by atoms with Crippen molar-refractivity contribution in [2.45, 2.75) is 39.0 Å². The van der Waals surface area contributed by atoms with Crippen molar-refractivity contribution in [3.05, 3.63) is 53.6 Å². The first kappa shape index (κ1) is 16.6. The van der Waals surface area contributed by atoms with Crippen LogP contribution < -0.4 is 0 Å². The highest BCUT2D eigenvalue weighted by atomic mass is 16.5. The molecule has 2 aromatic carbocycles. The molecule has 2 rings (SSSR count). The van der Waals surface area contributed by atoms with E-state index in [0.717, 1.165) is 55.4 Å². The van der Waals surface area contributed by atoms with Crippen molar-refractivity contribution in [3.8, 4) is 16.9 Å². The molecule has 0 heterocycles. The fourth-order valence-electron chi connectivity index (χ4n) is 2.78. The minimum Gasteiger partial charge on any atom is -0.508 e. The number of aromatic hydroxyl groups is 1. The van der Waals surface area contributed by atoms with Crippen molar-refractivity contribution >= 4 is 0 Å². The quantitative estimate of drug-likeness (QED) is 0.696. The van der Waals surface area contributed by atoms with Crippen LogP contribution in [0.4, 0.5) is 0 Å². The molecule has 0 saturated carbocycles. The van der Waals surface area contributed by atoms with Crippen LogP contribution in [0.25, 0.3) is 11.1 Å². The highest BCUT2D eigenvalue weighted by Crippen LogP contribution is 2.31. The Morgan fingerprint density at radius 3 is 2.41 bits per heavy atom. The Labute approximate surface area is 133 Å². The number of rotatable bonds is 8. The molecule has 0 aromatic heterocycles. The maximum Gasteiger partial charge on any atom is 0.119 e. The van der Waals surface area contributed by atoms with Crippen molar-refractivity contribution < 1.29 is 9.84 Å². The summed E-state index contributed by atoms with van der Waals surface area (Å²) in [4.78, 5) is 0. The average molecular weight is 298 g/mol. The number of benzene rings is 2. The summed E-state index contributed by atoms with van der Waals surface area (Å²) in [7, 11) is 1.73. The van der Waals surface area contributed by atoms with Gasteiger partial charge in [0, 0.05) is 13.7 Å². The highest BCUT2D eigenvalue weighted by molar-refractivity contribution is 5.67. The lowest BCUT2D eigenvalue weighted by Crippen LogP contribution is -1.99. The topological polar surface area (TPSA) is 29.5 Å². The van der Waals surface area contributed by atoms with Crippen molar-refractivity contribution in [3.63, 3.8) is 0 Å². The number of phenolic OH excluding ortho intramolecular Hbond substituents is 1. The van der Waals surface area contributed by atoms with Crippen molar-refractivity contribution in [1.82, 2.24) is 0 Å². The molecule has 0 saturated heterocycles. The Hall–Kier alpha value is -1.80. The van der Waals surface area contributed by atoms with Gasteiger partial charge in [0.1, 0.15) is 5.75 Å². The van der Waals surface area contributed by atoms with Crippen LogP contribution in [0.15, 0.2) is 42.5 Å². The SMILES string of the molecule is CCCCc1c(O)cc(-c2ccccc2)cc1CCCOC. The van der Waals surface area contributed by atoms with Crippen LogP contribution in [0, 0.1) is 0 Å². The average Bonchev–Trinajstić information content (AvgIpc) is 2.55. The third-order valence-electron chi connectivity index (χ3n) is 4.00. The Morgan fingerprint density at radius 1 is 0.955 bits per heavy atom. The van der Waals surface area contributed by atoms with E-state index < -0.39 is 0 Å². The molecule has 0 unspecified atom stereocenters. The molecule has 0 radical (unpaired) electrons. The molecule has 0 bridgehead atoms. The van der Waals surface area contributed by atoms with Gasteiger partial charge in [-0.15, -0.1) is 0 Å². The standard InChI is InChI=1S/C20H26O2/c1-3-4-12-19-17(11-8-13-22-2)14-18(15-20(19)21)16-9-6-5-7-10-16/h5-7,9-10,14-15,21H,3-4,8,11-13H2,1-2H3. The van der Waals surface area contributed by atoms with E-state index in [2.05, 4.69) is 25.1 Å². The van der Waals surface area contributed by atoms with Gasteiger partial charge in [0.2, 0.25) is 0 Å². The molecule has 118 valence electrons. The number of hydrogen-bond acceptors (Lipinski definition) is 2. The third-order valence-corrected chi connectivity index (χ3v) is 4.00. The first-order chi connectivity index (χ1) is 10.8. The highest BCUT2D eigenvalue weighted by Gasteiger charge is 2.11. The lowest BCUT2D eigenvalue weighted by atomic mass is 9.93. The van der Waals surface area contributed by atoms with E-state index in [-0.39, 0.29) is 0 Å². The van der Waals surface area contributed by atoms with Crippen molar-refractivity contribution in [1.29, 1.82) is 0 Å². The predicted molar refractivity (Wildman–Crippen MR) is 92.4 cm³/mol. The normalized spacial score (nSPS) is 10.8. The number of ether oxygens (including phenoxy) is 1. The van der Waals surface area contributed by atoms with E-state index in [1.807, 2.05) is 24.3 Å². The second-order valence-electron chi connectivity index (χ2n) is 5.70. The van der Waals surface area contributed by atoms with E-state index in [0.29, 0.717) is 5.75 Å². The van der Waals surface area contributed by atoms with Crippen LogP contribution in [-0.2, 0) is 17.6 Å². The van der Waals surface area contributed by atoms with Gasteiger partial charge in [-0.1, -0.05) is 49.7 Å². The van der Waals surface area contributed by atoms with Crippen molar-refractivity contribution in [2.75, 3.05) is 13.7 Å². The van der Waals surface area contributed by atoms with Gasteiger partial charge in [-0.2, -0.15) is 0 Å². The number of phenols is 1. The summed E-state index contributed by atoms with van der Waals surface area (Å²) in [6.45, 7) is 2.93. The van der Waals surface area contributed by atoms with Crippen LogP contribution >= 0.6 is 0 Å². The Balaban J connectivity index is 2.33. The predicted octanol–water partition coefficient (Wildman–Crippen LogP) is 4.98. The van der Waals surface area contributed by atoms with Crippen LogP contribution in [0.5, 0.6) is 5.75 Å². The van der Waals surface area contributed by atoms with E-state index in [4.69, 9.17) is 4.74 Å². The molecule has 2 nitrogen and oxygen atoms in total. The third kappa shape index (κ3) is 4.35. The summed E-state index contributed by atoms with van der Waals surface area (Å²) in [6, 6.07) is 14.4. The molecule has 0 fully saturated rings. The Morgan fingerprint density at radius 2 is 1.73 bits per heavy atom. The first-order valence-electron chi connectivity index (χ1n) is 8.15. The molecular formula is C20H26O2. The fourth-order valence-corrected chi connectivity index (χ4v) is 2.78. The summed E-state index contributed by atoms with van der Waals surface area (Å²) in [6.07, 6.45) is 5.11. The summed E-state index contributed by atoms with van der Waals surface area (Å²) in [5.41, 5.74) is 4.60. The largest absolute Gasteiger partial charge is 0.508 e.